The summed E-state index contributed by atoms with van der Waals surface area (Å²) in [6, 6.07) is 14.0. The molecule has 0 bridgehead atoms. The average Bonchev–Trinajstić information content (AvgIpc) is 3.56. The summed E-state index contributed by atoms with van der Waals surface area (Å²) in [5.74, 6) is -0.776. The number of carbonyl (C=O) groups excluding carboxylic acids is 3. The minimum Gasteiger partial charge on any atom is -0.328 e. The molecule has 1 saturated heterocycles. The molecular formula is C27H28N6O3. The van der Waals surface area contributed by atoms with Crippen LogP contribution in [0.2, 0.25) is 0 Å². The van der Waals surface area contributed by atoms with Gasteiger partial charge in [-0.2, -0.15) is 5.10 Å². The summed E-state index contributed by atoms with van der Waals surface area (Å²) in [6.45, 7) is 11.9. The second-order valence-corrected chi connectivity index (χ2v) is 10.0. The molecule has 1 aromatic heterocycles. The highest BCUT2D eigenvalue weighted by atomic mass is 16.2. The molecule has 3 aromatic rings. The maximum atomic E-state index is 14.0. The van der Waals surface area contributed by atoms with Gasteiger partial charge in [0.15, 0.2) is 5.69 Å². The number of anilines is 1. The number of rotatable bonds is 5. The van der Waals surface area contributed by atoms with Gasteiger partial charge in [-0.05, 0) is 30.0 Å². The first-order valence-corrected chi connectivity index (χ1v) is 12.0. The Labute approximate surface area is 209 Å². The number of benzene rings is 2. The van der Waals surface area contributed by atoms with Crippen molar-refractivity contribution in [3.05, 3.63) is 71.2 Å². The van der Waals surface area contributed by atoms with Gasteiger partial charge in [-0.3, -0.25) is 29.2 Å². The predicted molar refractivity (Wildman–Crippen MR) is 135 cm³/mol. The van der Waals surface area contributed by atoms with E-state index in [0.717, 1.165) is 16.8 Å². The first kappa shape index (κ1) is 23.5. The lowest BCUT2D eigenvalue weighted by molar-refractivity contribution is -0.136. The van der Waals surface area contributed by atoms with Crippen molar-refractivity contribution in [2.24, 2.45) is 5.92 Å². The Balaban J connectivity index is 1.47. The van der Waals surface area contributed by atoms with E-state index in [1.807, 2.05) is 62.4 Å². The predicted octanol–water partition coefficient (Wildman–Crippen LogP) is 3.42. The van der Waals surface area contributed by atoms with Gasteiger partial charge in [-0.1, -0.05) is 50.2 Å². The molecule has 0 unspecified atom stereocenters. The molecule has 1 spiro atoms. The first-order valence-electron chi connectivity index (χ1n) is 12.0. The number of hydrogen-bond acceptors (Lipinski definition) is 4. The molecule has 2 N–H and O–H groups in total. The van der Waals surface area contributed by atoms with Crippen LogP contribution in [0.25, 0.3) is 15.7 Å². The second kappa shape index (κ2) is 8.79. The highest BCUT2D eigenvalue weighted by Gasteiger charge is 2.59. The second-order valence-electron chi connectivity index (χ2n) is 10.0. The number of H-pyrrole nitrogens is 1. The SMILES string of the molecule is [C-]#[N+][C@@H]1C[C@@]2(CN1C(=O)[C@H](CC(C)C)N(C)C(=O)c1n[nH]c3ccccc13)C(=O)Nc1ccccc12. The van der Waals surface area contributed by atoms with Crippen molar-refractivity contribution >= 4 is 34.3 Å². The van der Waals surface area contributed by atoms with Crippen molar-refractivity contribution in [2.75, 3.05) is 18.9 Å². The fourth-order valence-corrected chi connectivity index (χ4v) is 5.45. The molecule has 0 radical (unpaired) electrons. The molecule has 2 aromatic carbocycles. The molecule has 9 heteroatoms. The van der Waals surface area contributed by atoms with Crippen LogP contribution in [0.4, 0.5) is 5.69 Å². The van der Waals surface area contributed by atoms with Crippen LogP contribution in [0.1, 0.15) is 42.7 Å². The Hall–Kier alpha value is -4.19. The fraction of sp³-hybridized carbons (Fsp3) is 0.370. The van der Waals surface area contributed by atoms with Crippen LogP contribution in [0.5, 0.6) is 0 Å². The van der Waals surface area contributed by atoms with Gasteiger partial charge < -0.3 is 10.2 Å². The van der Waals surface area contributed by atoms with Crippen LogP contribution < -0.4 is 5.32 Å². The number of carbonyl (C=O) groups is 3. The molecule has 2 aliphatic rings. The molecule has 2 aliphatic heterocycles. The summed E-state index contributed by atoms with van der Waals surface area (Å²) in [5.41, 5.74) is 1.55. The Morgan fingerprint density at radius 3 is 2.69 bits per heavy atom. The fourth-order valence-electron chi connectivity index (χ4n) is 5.45. The van der Waals surface area contributed by atoms with E-state index in [-0.39, 0.29) is 42.3 Å². The average molecular weight is 485 g/mol. The normalized spacial score (nSPS) is 21.5. The largest absolute Gasteiger partial charge is 0.328 e. The van der Waals surface area contributed by atoms with Gasteiger partial charge in [0, 0.05) is 24.7 Å². The van der Waals surface area contributed by atoms with E-state index in [4.69, 9.17) is 6.57 Å². The van der Waals surface area contributed by atoms with E-state index in [9.17, 15) is 14.4 Å². The van der Waals surface area contributed by atoms with E-state index >= 15 is 0 Å². The summed E-state index contributed by atoms with van der Waals surface area (Å²) in [4.78, 5) is 47.3. The number of nitrogens with one attached hydrogen (secondary N) is 2. The van der Waals surface area contributed by atoms with Crippen LogP contribution in [0.3, 0.4) is 0 Å². The molecule has 184 valence electrons. The third kappa shape index (κ3) is 3.61. The number of aromatic nitrogens is 2. The van der Waals surface area contributed by atoms with E-state index in [1.54, 1.807) is 7.05 Å². The Bertz CT molecular complexity index is 1410. The van der Waals surface area contributed by atoms with Crippen molar-refractivity contribution in [2.45, 2.75) is 44.3 Å². The van der Waals surface area contributed by atoms with Crippen molar-refractivity contribution in [1.29, 1.82) is 0 Å². The summed E-state index contributed by atoms with van der Waals surface area (Å²) >= 11 is 0. The van der Waals surface area contributed by atoms with Crippen LogP contribution in [-0.2, 0) is 15.0 Å². The van der Waals surface area contributed by atoms with Crippen LogP contribution in [0.15, 0.2) is 48.5 Å². The van der Waals surface area contributed by atoms with Gasteiger partial charge in [0.25, 0.3) is 11.8 Å². The zero-order valence-corrected chi connectivity index (χ0v) is 20.5. The minimum absolute atomic E-state index is 0.101. The number of fused-ring (bicyclic) bond motifs is 3. The summed E-state index contributed by atoms with van der Waals surface area (Å²) < 4.78 is 0. The minimum atomic E-state index is -0.967. The lowest BCUT2D eigenvalue weighted by Crippen LogP contribution is -2.51. The highest BCUT2D eigenvalue weighted by molar-refractivity contribution is 6.08. The first-order chi connectivity index (χ1) is 17.3. The van der Waals surface area contributed by atoms with E-state index in [1.165, 1.54) is 9.80 Å². The summed E-state index contributed by atoms with van der Waals surface area (Å²) in [7, 11) is 1.60. The quantitative estimate of drug-likeness (QED) is 0.542. The maximum Gasteiger partial charge on any atom is 0.302 e. The van der Waals surface area contributed by atoms with Crippen LogP contribution in [-0.4, -0.2) is 63.5 Å². The van der Waals surface area contributed by atoms with E-state index < -0.39 is 17.6 Å². The third-order valence-electron chi connectivity index (χ3n) is 7.33. The Morgan fingerprint density at radius 1 is 1.22 bits per heavy atom. The van der Waals surface area contributed by atoms with Crippen LogP contribution >= 0.6 is 0 Å². The molecule has 0 aliphatic carbocycles. The monoisotopic (exact) mass is 484 g/mol. The number of nitrogens with zero attached hydrogens (tertiary/aromatic N) is 4. The number of amides is 3. The van der Waals surface area contributed by atoms with Crippen molar-refractivity contribution < 1.29 is 14.4 Å². The molecule has 3 atom stereocenters. The van der Waals surface area contributed by atoms with E-state index in [2.05, 4.69) is 20.4 Å². The molecule has 3 amide bonds. The van der Waals surface area contributed by atoms with Gasteiger partial charge >= 0.3 is 6.17 Å². The molecule has 9 nitrogen and oxygen atoms in total. The van der Waals surface area contributed by atoms with Gasteiger partial charge in [-0.25, -0.2) is 6.57 Å². The molecule has 3 heterocycles. The maximum absolute atomic E-state index is 14.0. The zero-order chi connectivity index (χ0) is 25.6. The molecule has 1 fully saturated rings. The lowest BCUT2D eigenvalue weighted by Gasteiger charge is -2.32. The number of likely N-dealkylation sites (N-methyl/N-ethyl adjacent to an activating group) is 1. The third-order valence-corrected chi connectivity index (χ3v) is 7.33. The molecular weight excluding hydrogens is 456 g/mol. The van der Waals surface area contributed by atoms with Crippen molar-refractivity contribution in [1.82, 2.24) is 20.0 Å². The number of likely N-dealkylation sites (tertiary alicyclic amines) is 1. The molecule has 36 heavy (non-hydrogen) atoms. The van der Waals surface area contributed by atoms with Crippen molar-refractivity contribution in [3.63, 3.8) is 0 Å². The number of aromatic amines is 1. The van der Waals surface area contributed by atoms with Crippen molar-refractivity contribution in [3.8, 4) is 0 Å². The number of hydrogen-bond donors (Lipinski definition) is 2. The number of para-hydroxylation sites is 2. The van der Waals surface area contributed by atoms with Gasteiger partial charge in [0.1, 0.15) is 11.5 Å². The lowest BCUT2D eigenvalue weighted by atomic mass is 9.80. The summed E-state index contributed by atoms with van der Waals surface area (Å²) in [5, 5.41) is 10.7. The molecule has 0 saturated carbocycles. The Morgan fingerprint density at radius 2 is 1.94 bits per heavy atom. The smallest absolute Gasteiger partial charge is 0.302 e. The highest BCUT2D eigenvalue weighted by Crippen LogP contribution is 2.47. The van der Waals surface area contributed by atoms with Gasteiger partial charge in [0.2, 0.25) is 5.91 Å². The topological polar surface area (TPSA) is 103 Å². The van der Waals surface area contributed by atoms with E-state index in [0.29, 0.717) is 11.8 Å². The Kier molecular flexibility index (Phi) is 5.75. The van der Waals surface area contributed by atoms with Gasteiger partial charge in [0.05, 0.1) is 11.9 Å². The standard InChI is InChI=1S/C27H28N6O3/c1-16(2)13-21(32(4)25(35)23-17-9-5-7-11-19(17)30-31-23)24(34)33-15-27(14-22(33)28-3)18-10-6-8-12-20(18)29-26(27)36/h5-12,16,21-22H,13-15H2,1-2,4H3,(H,29,36)(H,30,31)/t21-,22-,27-/m0/s1. The zero-order valence-electron chi connectivity index (χ0n) is 20.5. The summed E-state index contributed by atoms with van der Waals surface area (Å²) in [6.07, 6.45) is -0.152. The van der Waals surface area contributed by atoms with Crippen LogP contribution in [0, 0.1) is 12.5 Å². The van der Waals surface area contributed by atoms with Gasteiger partial charge in [-0.15, -0.1) is 0 Å². The molecule has 5 rings (SSSR count).